The van der Waals surface area contributed by atoms with E-state index in [0.717, 1.165) is 127 Å². The van der Waals surface area contributed by atoms with Crippen molar-refractivity contribution >= 4 is 152 Å². The predicted molar refractivity (Wildman–Crippen MR) is 507 cm³/mol. The smallest absolute Gasteiger partial charge is 0.164 e. The van der Waals surface area contributed by atoms with Crippen LogP contribution in [0.2, 0.25) is 0 Å². The lowest BCUT2D eigenvalue weighted by Gasteiger charge is -2.14. The molecule has 0 amide bonds. The highest BCUT2D eigenvalue weighted by Gasteiger charge is 2.21. The van der Waals surface area contributed by atoms with Gasteiger partial charge in [0.25, 0.3) is 0 Å². The minimum Gasteiger partial charge on any atom is -0.309 e. The molecule has 0 aliphatic rings. The number of benzene rings is 19. The Hall–Kier alpha value is -16.7. The summed E-state index contributed by atoms with van der Waals surface area (Å²) in [7, 11) is 0. The zero-order valence-electron chi connectivity index (χ0n) is 65.9. The van der Waals surface area contributed by atoms with Gasteiger partial charge in [-0.1, -0.05) is 297 Å². The summed E-state index contributed by atoms with van der Waals surface area (Å²) in [5, 5.41) is 30.9. The zero-order valence-corrected chi connectivity index (χ0v) is 65.9. The summed E-state index contributed by atoms with van der Waals surface area (Å²) in [4.78, 5) is 30.0. The molecule has 566 valence electrons. The van der Waals surface area contributed by atoms with Crippen LogP contribution in [0.3, 0.4) is 0 Å². The summed E-state index contributed by atoms with van der Waals surface area (Å²) in [6, 6.07) is 149. The van der Waals surface area contributed by atoms with E-state index in [1.807, 2.05) is 54.6 Å². The van der Waals surface area contributed by atoms with E-state index in [4.69, 9.17) is 29.9 Å². The van der Waals surface area contributed by atoms with Gasteiger partial charge >= 0.3 is 0 Å². The van der Waals surface area contributed by atoms with Crippen LogP contribution in [0, 0.1) is 11.3 Å². The van der Waals surface area contributed by atoms with Crippen LogP contribution in [-0.2, 0) is 0 Å². The van der Waals surface area contributed by atoms with Crippen molar-refractivity contribution in [1.29, 1.82) is 5.26 Å². The summed E-state index contributed by atoms with van der Waals surface area (Å²) >= 11 is 0. The minimum atomic E-state index is 0.639. The van der Waals surface area contributed by atoms with Crippen LogP contribution in [0.5, 0.6) is 0 Å². The van der Waals surface area contributed by atoms with Gasteiger partial charge < -0.3 is 9.13 Å². The second-order valence-electron chi connectivity index (χ2n) is 31.1. The normalized spacial score (nSPS) is 11.6. The first-order valence-corrected chi connectivity index (χ1v) is 41.1. The van der Waals surface area contributed by atoms with E-state index in [1.165, 1.54) is 86.8 Å². The minimum absolute atomic E-state index is 0.639. The molecule has 0 N–H and O–H groups in total. The number of fused-ring (bicyclic) bond motifs is 19. The number of pyridine rings is 3. The Morgan fingerprint density at radius 3 is 0.975 bits per heavy atom. The lowest BCUT2D eigenvalue weighted by Crippen LogP contribution is -2.00. The molecule has 9 nitrogen and oxygen atoms in total. The van der Waals surface area contributed by atoms with E-state index in [1.54, 1.807) is 0 Å². The number of nitrogens with zero attached hydrogens (tertiary/aromatic N) is 9. The van der Waals surface area contributed by atoms with Crippen LogP contribution in [0.4, 0.5) is 0 Å². The Balaban J connectivity index is 0.000000107. The van der Waals surface area contributed by atoms with Crippen molar-refractivity contribution in [2.75, 3.05) is 0 Å². The highest BCUT2D eigenvalue weighted by Crippen LogP contribution is 2.43. The Morgan fingerprint density at radius 1 is 0.180 bits per heavy atom. The SMILES string of the molecule is N#Cc1ccc2c(c1)c1ccccc1n2-c1cccc(-c2cc3nc4ccccc4cc3c3ccccc23)c1.c1cc(-c2cc3nc4ccccc4cc3c3ccccc23)cc(-n2c3ccccc3c3ccccc32)c1.c1ccc(-c2nc(-c3ccc(-c4cc5nc6ccccc6cc5c5ccccc45)cc3)nc(-c3ccc4ccccc4c3)n2)cc1. The molecule has 0 spiro atoms. The highest BCUT2D eigenvalue weighted by atomic mass is 15.0. The van der Waals surface area contributed by atoms with Gasteiger partial charge in [0.15, 0.2) is 17.5 Å². The molecule has 0 radical (unpaired) electrons. The molecule has 0 saturated heterocycles. The molecule has 0 unspecified atom stereocenters. The number of rotatable bonds is 8. The van der Waals surface area contributed by atoms with Crippen LogP contribution in [-0.4, -0.2) is 39.0 Å². The summed E-state index contributed by atoms with van der Waals surface area (Å²) in [6.07, 6.45) is 0. The predicted octanol–water partition coefficient (Wildman–Crippen LogP) is 29.0. The van der Waals surface area contributed by atoms with E-state index < -0.39 is 0 Å². The summed E-state index contributed by atoms with van der Waals surface area (Å²) in [5.41, 5.74) is 23.4. The van der Waals surface area contributed by atoms with Crippen molar-refractivity contribution in [3.05, 3.63) is 424 Å². The lowest BCUT2D eigenvalue weighted by molar-refractivity contribution is 1.07. The zero-order chi connectivity index (χ0) is 80.7. The van der Waals surface area contributed by atoms with Crippen molar-refractivity contribution < 1.29 is 0 Å². The third-order valence-corrected chi connectivity index (χ3v) is 24.0. The summed E-state index contributed by atoms with van der Waals surface area (Å²) < 4.78 is 4.67. The van der Waals surface area contributed by atoms with Crippen molar-refractivity contribution in [2.24, 2.45) is 0 Å². The van der Waals surface area contributed by atoms with Gasteiger partial charge in [0.2, 0.25) is 0 Å². The van der Waals surface area contributed by atoms with Gasteiger partial charge in [-0.2, -0.15) is 5.26 Å². The quantitative estimate of drug-likeness (QED) is 0.110. The number of aromatic nitrogens is 8. The van der Waals surface area contributed by atoms with Crippen LogP contribution in [0.25, 0.3) is 231 Å². The van der Waals surface area contributed by atoms with E-state index in [-0.39, 0.29) is 0 Å². The fraction of sp³-hybridized carbons (Fsp3) is 0. The first-order chi connectivity index (χ1) is 60.4. The number of nitriles is 1. The Bertz CT molecular complexity index is 8560. The van der Waals surface area contributed by atoms with E-state index >= 15 is 0 Å². The average molecular weight is 1550 g/mol. The Kier molecular flexibility index (Phi) is 17.1. The number of hydrogen-bond acceptors (Lipinski definition) is 7. The average Bonchev–Trinajstić information content (AvgIpc) is 1.73. The monoisotopic (exact) mass is 1550 g/mol. The van der Waals surface area contributed by atoms with Crippen molar-refractivity contribution in [1.82, 2.24) is 39.0 Å². The highest BCUT2D eigenvalue weighted by molar-refractivity contribution is 6.19. The Labute approximate surface area is 700 Å². The van der Waals surface area contributed by atoms with Gasteiger partial charge in [0, 0.05) is 81.9 Å². The third-order valence-electron chi connectivity index (χ3n) is 24.0. The maximum Gasteiger partial charge on any atom is 0.164 e. The first-order valence-electron chi connectivity index (χ1n) is 41.1. The molecule has 0 aliphatic carbocycles. The molecule has 0 saturated carbocycles. The molecular weight excluding hydrogens is 1480 g/mol. The summed E-state index contributed by atoms with van der Waals surface area (Å²) in [6.45, 7) is 0. The molecule has 6 heterocycles. The largest absolute Gasteiger partial charge is 0.309 e. The summed E-state index contributed by atoms with van der Waals surface area (Å²) in [5.74, 6) is 1.94. The third kappa shape index (κ3) is 12.4. The molecule has 6 aromatic heterocycles. The molecule has 19 aromatic carbocycles. The standard InChI is InChI=1S/C42H26N4.C36H21N3.C35H22N2/c1-2-11-29(12-3-1)40-44-41(46-42(45-40)33-23-18-27-10-4-5-13-31(27)24-33)30-21-19-28(20-22-30)36-26-39-37(35-16-8-7-15-34(35)36)25-32-14-6-9-17-38(32)43-39;37-22-23-16-17-36-32(18-23)29-13-4-6-15-35(29)39(36)26-10-7-9-24(19-26)30-21-34-31(28-12-3-2-11-27(28)30)20-25-8-1-5-14-33(25)38-34;1-6-17-32-24(10-1)21-31-27-14-3-2-13-26(27)30(22-33(31)36-32)23-11-9-12-25(20-23)37-34-18-7-4-15-28(34)29-16-5-8-19-35(29)37/h1-26H;1-21H;1-22H. The van der Waals surface area contributed by atoms with Gasteiger partial charge in [0.05, 0.1) is 66.8 Å². The van der Waals surface area contributed by atoms with E-state index in [9.17, 15) is 5.26 Å². The first kappa shape index (κ1) is 70.7. The molecule has 122 heavy (non-hydrogen) atoms. The number of para-hydroxylation sites is 6. The second kappa shape index (κ2) is 29.5. The molecule has 25 aromatic rings. The van der Waals surface area contributed by atoms with Crippen LogP contribution in [0.1, 0.15) is 5.56 Å². The van der Waals surface area contributed by atoms with Crippen LogP contribution in [0.15, 0.2) is 419 Å². The topological polar surface area (TPSA) is 111 Å². The van der Waals surface area contributed by atoms with Gasteiger partial charge in [-0.25, -0.2) is 29.9 Å². The van der Waals surface area contributed by atoms with Crippen molar-refractivity contribution in [3.8, 4) is 85.0 Å². The van der Waals surface area contributed by atoms with Gasteiger partial charge in [-0.15, -0.1) is 0 Å². The van der Waals surface area contributed by atoms with Gasteiger partial charge in [-0.3, -0.25) is 0 Å². The van der Waals surface area contributed by atoms with Gasteiger partial charge in [0.1, 0.15) is 0 Å². The van der Waals surface area contributed by atoms with E-state index in [0.29, 0.717) is 23.0 Å². The number of hydrogen-bond donors (Lipinski definition) is 0. The fourth-order valence-corrected chi connectivity index (χ4v) is 18.2. The second-order valence-corrected chi connectivity index (χ2v) is 31.1. The molecular formula is C113H69N9. The van der Waals surface area contributed by atoms with Crippen LogP contribution < -0.4 is 0 Å². The fourth-order valence-electron chi connectivity index (χ4n) is 18.2. The Morgan fingerprint density at radius 2 is 0.516 bits per heavy atom. The molecule has 9 heteroatoms. The molecule has 0 fully saturated rings. The van der Waals surface area contributed by atoms with Gasteiger partial charge in [-0.05, 0) is 198 Å². The van der Waals surface area contributed by atoms with Crippen molar-refractivity contribution in [3.63, 3.8) is 0 Å². The van der Waals surface area contributed by atoms with Crippen molar-refractivity contribution in [2.45, 2.75) is 0 Å². The molecule has 25 rings (SSSR count). The van der Waals surface area contributed by atoms with Crippen LogP contribution >= 0.6 is 0 Å². The van der Waals surface area contributed by atoms with E-state index in [2.05, 4.69) is 379 Å². The maximum absolute atomic E-state index is 9.51. The molecule has 0 aliphatic heterocycles. The molecule has 0 atom stereocenters. The molecule has 0 bridgehead atoms. The lowest BCUT2D eigenvalue weighted by atomic mass is 9.94. The maximum atomic E-state index is 9.51.